The van der Waals surface area contributed by atoms with E-state index in [1.165, 1.54) is 22.3 Å². The summed E-state index contributed by atoms with van der Waals surface area (Å²) < 4.78 is 12.7. The molecule has 1 spiro atoms. The fourth-order valence-corrected chi connectivity index (χ4v) is 4.06. The molecule has 2 aromatic rings. The van der Waals surface area contributed by atoms with Crippen LogP contribution in [0.15, 0.2) is 48.0 Å². The molecule has 0 aromatic heterocycles. The van der Waals surface area contributed by atoms with Crippen molar-refractivity contribution in [3.05, 3.63) is 64.7 Å². The lowest BCUT2D eigenvalue weighted by molar-refractivity contribution is -0.0599. The van der Waals surface area contributed by atoms with Crippen LogP contribution in [0.5, 0.6) is 11.5 Å². The highest BCUT2D eigenvalue weighted by atomic mass is 16.5. The van der Waals surface area contributed by atoms with Gasteiger partial charge in [-0.1, -0.05) is 30.3 Å². The Bertz CT molecular complexity index is 844. The van der Waals surface area contributed by atoms with Gasteiger partial charge >= 0.3 is 0 Å². The van der Waals surface area contributed by atoms with Gasteiger partial charge in [-0.25, -0.2) is 0 Å². The van der Waals surface area contributed by atoms with E-state index in [0.717, 1.165) is 17.1 Å². The molecule has 5 rings (SSSR count). The van der Waals surface area contributed by atoms with Gasteiger partial charge in [0.2, 0.25) is 0 Å². The number of hydrogen-bond donors (Lipinski definition) is 0. The van der Waals surface area contributed by atoms with E-state index in [1.807, 2.05) is 18.2 Å². The maximum absolute atomic E-state index is 6.63. The summed E-state index contributed by atoms with van der Waals surface area (Å²) in [6.07, 6.45) is 0. The van der Waals surface area contributed by atoms with E-state index < -0.39 is 5.60 Å². The van der Waals surface area contributed by atoms with E-state index in [-0.39, 0.29) is 5.60 Å². The van der Waals surface area contributed by atoms with Crippen LogP contribution >= 0.6 is 0 Å². The molecule has 0 saturated carbocycles. The average molecular weight is 276 g/mol. The predicted octanol–water partition coefficient (Wildman–Crippen LogP) is 4.63. The molecule has 0 fully saturated rings. The van der Waals surface area contributed by atoms with Gasteiger partial charge in [-0.15, -0.1) is 0 Å². The Balaban J connectivity index is 1.94. The first-order valence-corrected chi connectivity index (χ1v) is 7.39. The summed E-state index contributed by atoms with van der Waals surface area (Å²) in [7, 11) is 0. The van der Waals surface area contributed by atoms with E-state index in [1.54, 1.807) is 0 Å². The number of benzene rings is 2. The van der Waals surface area contributed by atoms with Gasteiger partial charge < -0.3 is 9.47 Å². The summed E-state index contributed by atoms with van der Waals surface area (Å²) in [5, 5.41) is 0. The SMILES string of the molecule is CC1=C2c3cccc4c3C2(OC1(C)C)c1ccccc1O4. The predicted molar refractivity (Wildman–Crippen MR) is 81.5 cm³/mol. The van der Waals surface area contributed by atoms with Gasteiger partial charge in [-0.05, 0) is 44.0 Å². The van der Waals surface area contributed by atoms with Crippen molar-refractivity contribution < 1.29 is 9.47 Å². The van der Waals surface area contributed by atoms with Gasteiger partial charge in [0.1, 0.15) is 11.5 Å². The zero-order valence-electron chi connectivity index (χ0n) is 12.4. The van der Waals surface area contributed by atoms with Crippen LogP contribution in [0, 0.1) is 0 Å². The monoisotopic (exact) mass is 276 g/mol. The molecule has 104 valence electrons. The zero-order valence-corrected chi connectivity index (χ0v) is 12.4. The third kappa shape index (κ3) is 1.08. The van der Waals surface area contributed by atoms with Crippen molar-refractivity contribution in [3.63, 3.8) is 0 Å². The van der Waals surface area contributed by atoms with Gasteiger partial charge in [0, 0.05) is 16.7 Å². The summed E-state index contributed by atoms with van der Waals surface area (Å²) >= 11 is 0. The zero-order chi connectivity index (χ0) is 14.4. The molecule has 2 aliphatic heterocycles. The molecule has 0 amide bonds. The maximum atomic E-state index is 6.63. The Kier molecular flexibility index (Phi) is 1.78. The van der Waals surface area contributed by atoms with Crippen LogP contribution in [-0.4, -0.2) is 5.60 Å². The molecule has 0 N–H and O–H groups in total. The minimum atomic E-state index is -0.422. The van der Waals surface area contributed by atoms with Crippen molar-refractivity contribution >= 4 is 5.57 Å². The van der Waals surface area contributed by atoms with Crippen LogP contribution in [0.4, 0.5) is 0 Å². The Hall–Kier alpha value is -2.06. The second-order valence-electron chi connectivity index (χ2n) is 6.57. The van der Waals surface area contributed by atoms with Crippen LogP contribution in [0.3, 0.4) is 0 Å². The first kappa shape index (κ1) is 11.6. The van der Waals surface area contributed by atoms with Gasteiger partial charge in [0.05, 0.1) is 5.60 Å². The van der Waals surface area contributed by atoms with Crippen LogP contribution < -0.4 is 4.74 Å². The van der Waals surface area contributed by atoms with E-state index in [0.29, 0.717) is 0 Å². The van der Waals surface area contributed by atoms with Gasteiger partial charge in [0.25, 0.3) is 0 Å². The molecule has 3 aliphatic rings. The highest BCUT2D eigenvalue weighted by Crippen LogP contribution is 2.69. The number of ether oxygens (including phenoxy) is 2. The topological polar surface area (TPSA) is 18.5 Å². The van der Waals surface area contributed by atoms with Gasteiger partial charge in [-0.2, -0.15) is 0 Å². The highest BCUT2D eigenvalue weighted by Gasteiger charge is 2.63. The lowest BCUT2D eigenvalue weighted by Gasteiger charge is -2.48. The first-order valence-electron chi connectivity index (χ1n) is 7.39. The third-order valence-electron chi connectivity index (χ3n) is 5.17. The molecule has 21 heavy (non-hydrogen) atoms. The van der Waals surface area contributed by atoms with Crippen molar-refractivity contribution in [2.75, 3.05) is 0 Å². The summed E-state index contributed by atoms with van der Waals surface area (Å²) in [4.78, 5) is 0. The van der Waals surface area contributed by atoms with Crippen LogP contribution in [0.2, 0.25) is 0 Å². The quantitative estimate of drug-likeness (QED) is 0.698. The highest BCUT2D eigenvalue weighted by molar-refractivity contribution is 5.97. The minimum Gasteiger partial charge on any atom is -0.456 e. The number of rotatable bonds is 0. The number of fused-ring (bicyclic) bond motifs is 2. The summed E-state index contributed by atoms with van der Waals surface area (Å²) in [6.45, 7) is 6.50. The van der Waals surface area contributed by atoms with Crippen LogP contribution in [-0.2, 0) is 10.3 Å². The Morgan fingerprint density at radius 3 is 2.52 bits per heavy atom. The second kappa shape index (κ2) is 3.23. The smallest absolute Gasteiger partial charge is 0.153 e. The fraction of sp³-hybridized carbons (Fsp3) is 0.263. The number of hydrogen-bond acceptors (Lipinski definition) is 2. The molecule has 2 heteroatoms. The molecular weight excluding hydrogens is 260 g/mol. The normalized spacial score (nSPS) is 26.4. The molecule has 2 aromatic carbocycles. The van der Waals surface area contributed by atoms with E-state index in [2.05, 4.69) is 45.0 Å². The van der Waals surface area contributed by atoms with Gasteiger partial charge in [-0.3, -0.25) is 0 Å². The Morgan fingerprint density at radius 2 is 1.67 bits per heavy atom. The molecule has 2 heterocycles. The second-order valence-corrected chi connectivity index (χ2v) is 6.57. The first-order chi connectivity index (χ1) is 10.1. The molecule has 0 saturated heterocycles. The Morgan fingerprint density at radius 1 is 0.905 bits per heavy atom. The molecule has 1 aliphatic carbocycles. The third-order valence-corrected chi connectivity index (χ3v) is 5.17. The largest absolute Gasteiger partial charge is 0.456 e. The Labute approximate surface area is 124 Å². The van der Waals surface area contributed by atoms with Crippen molar-refractivity contribution in [1.82, 2.24) is 0 Å². The minimum absolute atomic E-state index is 0.254. The maximum Gasteiger partial charge on any atom is 0.153 e. The fourth-order valence-electron chi connectivity index (χ4n) is 4.06. The summed E-state index contributed by atoms with van der Waals surface area (Å²) in [5.41, 5.74) is 5.60. The van der Waals surface area contributed by atoms with Gasteiger partial charge in [0.15, 0.2) is 5.60 Å². The molecule has 1 unspecified atom stereocenters. The van der Waals surface area contributed by atoms with Crippen molar-refractivity contribution in [3.8, 4) is 11.5 Å². The summed E-state index contributed by atoms with van der Waals surface area (Å²) in [5.74, 6) is 1.84. The molecule has 2 nitrogen and oxygen atoms in total. The van der Waals surface area contributed by atoms with Crippen molar-refractivity contribution in [2.24, 2.45) is 0 Å². The van der Waals surface area contributed by atoms with Crippen molar-refractivity contribution in [2.45, 2.75) is 32.0 Å². The lowest BCUT2D eigenvalue weighted by atomic mass is 9.63. The standard InChI is InChI=1S/C19H16O2/c1-11-16-12-7-6-10-15-17(12)19(16,21-18(11,2)3)13-8-4-5-9-14(13)20-15/h4-10H,1-3H3. The molecule has 1 atom stereocenters. The molecule has 0 bridgehead atoms. The van der Waals surface area contributed by atoms with Crippen LogP contribution in [0.25, 0.3) is 5.57 Å². The summed E-state index contributed by atoms with van der Waals surface area (Å²) in [6, 6.07) is 14.5. The van der Waals surface area contributed by atoms with Crippen molar-refractivity contribution in [1.29, 1.82) is 0 Å². The van der Waals surface area contributed by atoms with E-state index in [4.69, 9.17) is 9.47 Å². The number of para-hydroxylation sites is 1. The molecular formula is C19H16O2. The van der Waals surface area contributed by atoms with Crippen LogP contribution in [0.1, 0.15) is 37.5 Å². The molecule has 0 radical (unpaired) electrons. The van der Waals surface area contributed by atoms with E-state index >= 15 is 0 Å². The lowest BCUT2D eigenvalue weighted by Crippen LogP contribution is -2.43. The average Bonchev–Trinajstić information content (AvgIpc) is 2.61. The van der Waals surface area contributed by atoms with E-state index in [9.17, 15) is 0 Å².